The van der Waals surface area contributed by atoms with E-state index in [0.717, 1.165) is 18.7 Å². The molecule has 0 radical (unpaired) electrons. The molecule has 1 saturated carbocycles. The Kier molecular flexibility index (Phi) is 3.60. The lowest BCUT2D eigenvalue weighted by Gasteiger charge is -2.20. The Morgan fingerprint density at radius 1 is 1.27 bits per heavy atom. The van der Waals surface area contributed by atoms with Crippen LogP contribution in [0.25, 0.3) is 0 Å². The van der Waals surface area contributed by atoms with Gasteiger partial charge in [-0.3, -0.25) is 4.90 Å². The summed E-state index contributed by atoms with van der Waals surface area (Å²) in [6.45, 7) is 1.81. The summed E-state index contributed by atoms with van der Waals surface area (Å²) in [6.07, 6.45) is 2.55. The molecule has 3 heteroatoms. The second kappa shape index (κ2) is 4.95. The van der Waals surface area contributed by atoms with Gasteiger partial charge in [-0.2, -0.15) is 0 Å². The summed E-state index contributed by atoms with van der Waals surface area (Å²) in [4.78, 5) is 2.38. The number of hydrogen-bond donors (Lipinski definition) is 0. The van der Waals surface area contributed by atoms with Gasteiger partial charge in [0.15, 0.2) is 0 Å². The maximum atomic E-state index is 12.7. The number of nitrogens with zero attached hydrogens (tertiary/aromatic N) is 1. The van der Waals surface area contributed by atoms with E-state index < -0.39 is 0 Å². The first-order chi connectivity index (χ1) is 7.29. The van der Waals surface area contributed by atoms with Gasteiger partial charge in [0, 0.05) is 25.0 Å². The minimum atomic E-state index is -0.172. The molecule has 0 heterocycles. The highest BCUT2D eigenvalue weighted by Crippen LogP contribution is 2.28. The molecule has 1 nitrogen and oxygen atoms in total. The van der Waals surface area contributed by atoms with Crippen molar-refractivity contribution in [3.8, 4) is 0 Å². The predicted octanol–water partition coefficient (Wildman–Crippen LogP) is 3.03. The van der Waals surface area contributed by atoms with E-state index in [4.69, 9.17) is 11.6 Å². The molecule has 1 aliphatic rings. The molecule has 0 N–H and O–H groups in total. The zero-order chi connectivity index (χ0) is 10.7. The number of benzene rings is 1. The Morgan fingerprint density at radius 3 is 2.47 bits per heavy atom. The highest BCUT2D eigenvalue weighted by atomic mass is 35.5. The highest BCUT2D eigenvalue weighted by Gasteiger charge is 2.28. The molecule has 1 aliphatic carbocycles. The third-order valence-electron chi connectivity index (χ3n) is 2.73. The van der Waals surface area contributed by atoms with Crippen LogP contribution in [0.5, 0.6) is 0 Å². The van der Waals surface area contributed by atoms with Gasteiger partial charge in [0.05, 0.1) is 0 Å². The molecule has 2 rings (SSSR count). The maximum absolute atomic E-state index is 12.7. The van der Waals surface area contributed by atoms with Crippen molar-refractivity contribution in [3.05, 3.63) is 35.6 Å². The molecule has 0 atom stereocenters. The average Bonchev–Trinajstić information content (AvgIpc) is 3.04. The van der Waals surface area contributed by atoms with Crippen molar-refractivity contribution in [3.63, 3.8) is 0 Å². The van der Waals surface area contributed by atoms with E-state index in [0.29, 0.717) is 11.9 Å². The predicted molar refractivity (Wildman–Crippen MR) is 60.6 cm³/mol. The second-order valence-electron chi connectivity index (χ2n) is 4.02. The molecule has 0 unspecified atom stereocenters. The second-order valence-corrected chi connectivity index (χ2v) is 4.40. The normalized spacial score (nSPS) is 15.9. The molecule has 0 aliphatic heterocycles. The van der Waals surface area contributed by atoms with Crippen molar-refractivity contribution >= 4 is 11.6 Å². The summed E-state index contributed by atoms with van der Waals surface area (Å²) in [5, 5.41) is 0. The Morgan fingerprint density at radius 2 is 1.93 bits per heavy atom. The number of hydrogen-bond acceptors (Lipinski definition) is 1. The van der Waals surface area contributed by atoms with Crippen molar-refractivity contribution < 1.29 is 4.39 Å². The summed E-state index contributed by atoms with van der Waals surface area (Å²) in [5.74, 6) is 0.492. The lowest BCUT2D eigenvalue weighted by Crippen LogP contribution is -2.27. The van der Waals surface area contributed by atoms with Gasteiger partial charge in [-0.15, -0.1) is 11.6 Å². The molecule has 82 valence electrons. The van der Waals surface area contributed by atoms with Crippen LogP contribution >= 0.6 is 11.6 Å². The molecule has 0 spiro atoms. The third kappa shape index (κ3) is 3.18. The standard InChI is InChI=1S/C12H15ClFN/c13-7-8-15(12-5-6-12)9-10-1-3-11(14)4-2-10/h1-4,12H,5-9H2. The van der Waals surface area contributed by atoms with Crippen molar-refractivity contribution in [2.24, 2.45) is 0 Å². The largest absolute Gasteiger partial charge is 0.295 e. The van der Waals surface area contributed by atoms with E-state index in [1.165, 1.54) is 25.0 Å². The molecule has 0 aromatic heterocycles. The molecule has 1 fully saturated rings. The number of rotatable bonds is 5. The summed E-state index contributed by atoms with van der Waals surface area (Å²) in [6, 6.07) is 7.42. The van der Waals surface area contributed by atoms with Gasteiger partial charge in [-0.1, -0.05) is 12.1 Å². The summed E-state index contributed by atoms with van der Waals surface area (Å²) >= 11 is 5.76. The van der Waals surface area contributed by atoms with E-state index in [1.54, 1.807) is 0 Å². The maximum Gasteiger partial charge on any atom is 0.123 e. The van der Waals surface area contributed by atoms with Crippen LogP contribution in [0, 0.1) is 5.82 Å². The van der Waals surface area contributed by atoms with Gasteiger partial charge < -0.3 is 0 Å². The zero-order valence-electron chi connectivity index (χ0n) is 8.63. The van der Waals surface area contributed by atoms with Crippen LogP contribution in [0.15, 0.2) is 24.3 Å². The monoisotopic (exact) mass is 227 g/mol. The van der Waals surface area contributed by atoms with Crippen LogP contribution in [0.1, 0.15) is 18.4 Å². The molecule has 15 heavy (non-hydrogen) atoms. The topological polar surface area (TPSA) is 3.24 Å². The summed E-state index contributed by atoms with van der Waals surface area (Å²) in [5.41, 5.74) is 1.16. The number of halogens is 2. The van der Waals surface area contributed by atoms with Gasteiger partial charge in [-0.25, -0.2) is 4.39 Å². The molecule has 1 aromatic carbocycles. The minimum Gasteiger partial charge on any atom is -0.295 e. The molecule has 0 bridgehead atoms. The molecular weight excluding hydrogens is 213 g/mol. The van der Waals surface area contributed by atoms with Gasteiger partial charge in [0.25, 0.3) is 0 Å². The quantitative estimate of drug-likeness (QED) is 0.699. The van der Waals surface area contributed by atoms with E-state index in [9.17, 15) is 4.39 Å². The van der Waals surface area contributed by atoms with Gasteiger partial charge in [0.1, 0.15) is 5.82 Å². The van der Waals surface area contributed by atoms with Crippen molar-refractivity contribution in [1.29, 1.82) is 0 Å². The first-order valence-corrected chi connectivity index (χ1v) is 5.87. The first-order valence-electron chi connectivity index (χ1n) is 5.34. The van der Waals surface area contributed by atoms with Crippen LogP contribution in [0.2, 0.25) is 0 Å². The van der Waals surface area contributed by atoms with E-state index in [2.05, 4.69) is 4.90 Å². The lowest BCUT2D eigenvalue weighted by molar-refractivity contribution is 0.271. The lowest BCUT2D eigenvalue weighted by atomic mass is 10.2. The molecule has 1 aromatic rings. The Balaban J connectivity index is 1.95. The Bertz CT molecular complexity index is 308. The fraction of sp³-hybridized carbons (Fsp3) is 0.500. The smallest absolute Gasteiger partial charge is 0.123 e. The summed E-state index contributed by atoms with van der Waals surface area (Å²) in [7, 11) is 0. The van der Waals surface area contributed by atoms with Gasteiger partial charge >= 0.3 is 0 Å². The minimum absolute atomic E-state index is 0.172. The Labute approximate surface area is 94.8 Å². The van der Waals surface area contributed by atoms with E-state index in [1.807, 2.05) is 12.1 Å². The van der Waals surface area contributed by atoms with Crippen LogP contribution in [-0.4, -0.2) is 23.4 Å². The SMILES string of the molecule is Fc1ccc(CN(CCCl)C2CC2)cc1. The Hall–Kier alpha value is -0.600. The molecule has 0 amide bonds. The van der Waals surface area contributed by atoms with Crippen molar-refractivity contribution in [1.82, 2.24) is 4.90 Å². The van der Waals surface area contributed by atoms with E-state index >= 15 is 0 Å². The van der Waals surface area contributed by atoms with Crippen molar-refractivity contribution in [2.45, 2.75) is 25.4 Å². The average molecular weight is 228 g/mol. The number of alkyl halides is 1. The fourth-order valence-electron chi connectivity index (χ4n) is 1.76. The van der Waals surface area contributed by atoms with Crippen LogP contribution in [-0.2, 0) is 6.54 Å². The van der Waals surface area contributed by atoms with Crippen LogP contribution in [0.4, 0.5) is 4.39 Å². The third-order valence-corrected chi connectivity index (χ3v) is 2.90. The first kappa shape index (κ1) is 10.9. The van der Waals surface area contributed by atoms with Crippen LogP contribution < -0.4 is 0 Å². The molecular formula is C12H15ClFN. The van der Waals surface area contributed by atoms with Gasteiger partial charge in [-0.05, 0) is 30.5 Å². The highest BCUT2D eigenvalue weighted by molar-refractivity contribution is 6.18. The fourth-order valence-corrected chi connectivity index (χ4v) is 1.98. The van der Waals surface area contributed by atoms with E-state index in [-0.39, 0.29) is 5.82 Å². The molecule has 0 saturated heterocycles. The van der Waals surface area contributed by atoms with Crippen LogP contribution in [0.3, 0.4) is 0 Å². The summed E-state index contributed by atoms with van der Waals surface area (Å²) < 4.78 is 12.7. The zero-order valence-corrected chi connectivity index (χ0v) is 9.38. The van der Waals surface area contributed by atoms with Crippen molar-refractivity contribution in [2.75, 3.05) is 12.4 Å². The van der Waals surface area contributed by atoms with Gasteiger partial charge in [0.2, 0.25) is 0 Å².